The highest BCUT2D eigenvalue weighted by atomic mass is 32.2. The molecule has 6 nitrogen and oxygen atoms in total. The Labute approximate surface area is 119 Å². The van der Waals surface area contributed by atoms with E-state index >= 15 is 0 Å². The minimum atomic E-state index is -3.65. The third kappa shape index (κ3) is 4.45. The minimum absolute atomic E-state index is 0.0572. The Hall–Kier alpha value is -1.15. The van der Waals surface area contributed by atoms with Crippen LogP contribution in [0.15, 0.2) is 23.1 Å². The number of methoxy groups -OCH3 is 2. The lowest BCUT2D eigenvalue weighted by Crippen LogP contribution is -2.30. The van der Waals surface area contributed by atoms with Crippen LogP contribution in [0, 0.1) is 5.92 Å². The quantitative estimate of drug-likeness (QED) is 0.740. The largest absolute Gasteiger partial charge is 0.495 e. The van der Waals surface area contributed by atoms with Crippen LogP contribution in [-0.2, 0) is 21.4 Å². The second-order valence-electron chi connectivity index (χ2n) is 4.56. The fraction of sp³-hybridized carbons (Fsp3) is 0.538. The fourth-order valence-corrected chi connectivity index (χ4v) is 3.02. The first-order valence-corrected chi connectivity index (χ1v) is 7.69. The van der Waals surface area contributed by atoms with Crippen LogP contribution in [0.2, 0.25) is 0 Å². The number of rotatable bonds is 8. The molecule has 0 aliphatic rings. The highest BCUT2D eigenvalue weighted by molar-refractivity contribution is 7.89. The van der Waals surface area contributed by atoms with E-state index in [0.717, 1.165) is 0 Å². The predicted octanol–water partition coefficient (Wildman–Crippen LogP) is 0.748. The first-order chi connectivity index (χ1) is 9.44. The Kier molecular flexibility index (Phi) is 6.41. The molecule has 0 saturated carbocycles. The van der Waals surface area contributed by atoms with Crippen LogP contribution in [0.4, 0.5) is 0 Å². The van der Waals surface area contributed by atoms with Crippen molar-refractivity contribution in [3.05, 3.63) is 23.8 Å². The van der Waals surface area contributed by atoms with E-state index in [1.807, 2.05) is 6.92 Å². The number of nitrogens with one attached hydrogen (secondary N) is 1. The highest BCUT2D eigenvalue weighted by Crippen LogP contribution is 2.25. The Morgan fingerprint density at radius 2 is 2.05 bits per heavy atom. The standard InChI is InChI=1S/C13H21NO5S/c1-10(9-18-2)7-14-20(16,17)13-5-4-11(8-15)6-12(13)19-3/h4-6,10,14-15H,7-9H2,1-3H3. The Bertz CT molecular complexity index is 530. The van der Waals surface area contributed by atoms with Gasteiger partial charge in [-0.3, -0.25) is 0 Å². The fourth-order valence-electron chi connectivity index (χ4n) is 1.71. The molecule has 20 heavy (non-hydrogen) atoms. The molecule has 2 N–H and O–H groups in total. The van der Waals surface area contributed by atoms with E-state index in [9.17, 15) is 8.42 Å². The lowest BCUT2D eigenvalue weighted by molar-refractivity contribution is 0.161. The molecule has 0 aliphatic heterocycles. The molecule has 1 unspecified atom stereocenters. The van der Waals surface area contributed by atoms with Gasteiger partial charge in [0.1, 0.15) is 10.6 Å². The third-order valence-corrected chi connectivity index (χ3v) is 4.24. The SMILES string of the molecule is COCC(C)CNS(=O)(=O)c1ccc(CO)cc1OC. The molecular formula is C13H21NO5S. The molecular weight excluding hydrogens is 282 g/mol. The summed E-state index contributed by atoms with van der Waals surface area (Å²) in [5, 5.41) is 9.05. The molecule has 1 rings (SSSR count). The van der Waals surface area contributed by atoms with Gasteiger partial charge in [-0.2, -0.15) is 0 Å². The van der Waals surface area contributed by atoms with Gasteiger partial charge in [0.15, 0.2) is 0 Å². The van der Waals surface area contributed by atoms with Crippen molar-refractivity contribution >= 4 is 10.0 Å². The third-order valence-electron chi connectivity index (χ3n) is 2.77. The maximum absolute atomic E-state index is 12.2. The molecule has 7 heteroatoms. The van der Waals surface area contributed by atoms with Gasteiger partial charge in [-0.25, -0.2) is 13.1 Å². The Morgan fingerprint density at radius 3 is 2.60 bits per heavy atom. The van der Waals surface area contributed by atoms with Gasteiger partial charge in [-0.05, 0) is 23.6 Å². The maximum Gasteiger partial charge on any atom is 0.244 e. The lowest BCUT2D eigenvalue weighted by Gasteiger charge is -2.14. The summed E-state index contributed by atoms with van der Waals surface area (Å²) in [6, 6.07) is 4.48. The molecule has 114 valence electrons. The zero-order valence-corrected chi connectivity index (χ0v) is 12.7. The van der Waals surface area contributed by atoms with Gasteiger partial charge in [-0.1, -0.05) is 13.0 Å². The first-order valence-electron chi connectivity index (χ1n) is 6.21. The summed E-state index contributed by atoms with van der Waals surface area (Å²) >= 11 is 0. The summed E-state index contributed by atoms with van der Waals surface area (Å²) in [4.78, 5) is 0.0572. The normalized spacial score (nSPS) is 13.2. The molecule has 0 spiro atoms. The number of benzene rings is 1. The van der Waals surface area contributed by atoms with E-state index in [1.165, 1.54) is 19.2 Å². The summed E-state index contributed by atoms with van der Waals surface area (Å²) in [5.74, 6) is 0.279. The molecule has 0 saturated heterocycles. The van der Waals surface area contributed by atoms with Gasteiger partial charge < -0.3 is 14.6 Å². The van der Waals surface area contributed by atoms with Crippen LogP contribution in [0.1, 0.15) is 12.5 Å². The smallest absolute Gasteiger partial charge is 0.244 e. The number of hydrogen-bond donors (Lipinski definition) is 2. The van der Waals surface area contributed by atoms with Crippen LogP contribution >= 0.6 is 0 Å². The molecule has 0 bridgehead atoms. The molecule has 0 aliphatic carbocycles. The van der Waals surface area contributed by atoms with Crippen molar-refractivity contribution in [2.45, 2.75) is 18.4 Å². The van der Waals surface area contributed by atoms with E-state index in [1.54, 1.807) is 13.2 Å². The van der Waals surface area contributed by atoms with E-state index in [0.29, 0.717) is 12.2 Å². The summed E-state index contributed by atoms with van der Waals surface area (Å²) in [6.07, 6.45) is 0. The second kappa shape index (κ2) is 7.58. The van der Waals surface area contributed by atoms with Gasteiger partial charge in [0.05, 0.1) is 13.7 Å². The Balaban J connectivity index is 2.92. The van der Waals surface area contributed by atoms with Crippen LogP contribution in [0.25, 0.3) is 0 Å². The molecule has 0 fully saturated rings. The average Bonchev–Trinajstić information content (AvgIpc) is 2.44. The predicted molar refractivity (Wildman–Crippen MR) is 75.1 cm³/mol. The number of hydrogen-bond acceptors (Lipinski definition) is 5. The molecule has 0 amide bonds. The van der Waals surface area contributed by atoms with Gasteiger partial charge in [0.2, 0.25) is 10.0 Å². The summed E-state index contributed by atoms with van der Waals surface area (Å²) in [5.41, 5.74) is 0.591. The topological polar surface area (TPSA) is 84.9 Å². The van der Waals surface area contributed by atoms with Crippen LogP contribution < -0.4 is 9.46 Å². The average molecular weight is 303 g/mol. The van der Waals surface area contributed by atoms with Crippen molar-refractivity contribution in [2.75, 3.05) is 27.4 Å². The minimum Gasteiger partial charge on any atom is -0.495 e. The van der Waals surface area contributed by atoms with Crippen LogP contribution in [0.5, 0.6) is 5.75 Å². The molecule has 1 aromatic carbocycles. The number of aliphatic hydroxyl groups is 1. The summed E-state index contributed by atoms with van der Waals surface area (Å²) in [6.45, 7) is 2.47. The van der Waals surface area contributed by atoms with Crippen molar-refractivity contribution in [3.8, 4) is 5.75 Å². The van der Waals surface area contributed by atoms with Crippen molar-refractivity contribution in [3.63, 3.8) is 0 Å². The van der Waals surface area contributed by atoms with E-state index in [-0.39, 0.29) is 29.7 Å². The monoisotopic (exact) mass is 303 g/mol. The molecule has 1 atom stereocenters. The summed E-state index contributed by atoms with van der Waals surface area (Å²) < 4.78 is 37.0. The van der Waals surface area contributed by atoms with E-state index in [2.05, 4.69) is 4.72 Å². The number of ether oxygens (including phenoxy) is 2. The van der Waals surface area contributed by atoms with Gasteiger partial charge in [0, 0.05) is 20.3 Å². The van der Waals surface area contributed by atoms with Gasteiger partial charge in [0.25, 0.3) is 0 Å². The molecule has 0 radical (unpaired) electrons. The van der Waals surface area contributed by atoms with Gasteiger partial charge in [-0.15, -0.1) is 0 Å². The lowest BCUT2D eigenvalue weighted by atomic mass is 10.2. The Morgan fingerprint density at radius 1 is 1.35 bits per heavy atom. The summed E-state index contributed by atoms with van der Waals surface area (Å²) in [7, 11) is -0.691. The van der Waals surface area contributed by atoms with E-state index < -0.39 is 10.0 Å². The van der Waals surface area contributed by atoms with Crippen LogP contribution in [0.3, 0.4) is 0 Å². The van der Waals surface area contributed by atoms with Crippen LogP contribution in [-0.4, -0.2) is 40.9 Å². The zero-order chi connectivity index (χ0) is 15.2. The number of sulfonamides is 1. The first kappa shape index (κ1) is 16.9. The highest BCUT2D eigenvalue weighted by Gasteiger charge is 2.20. The van der Waals surface area contributed by atoms with Crippen molar-refractivity contribution < 1.29 is 23.0 Å². The van der Waals surface area contributed by atoms with Crippen molar-refractivity contribution in [1.29, 1.82) is 0 Å². The van der Waals surface area contributed by atoms with Crippen molar-refractivity contribution in [1.82, 2.24) is 4.72 Å². The molecule has 0 heterocycles. The van der Waals surface area contributed by atoms with E-state index in [4.69, 9.17) is 14.6 Å². The second-order valence-corrected chi connectivity index (χ2v) is 6.29. The van der Waals surface area contributed by atoms with Crippen molar-refractivity contribution in [2.24, 2.45) is 5.92 Å². The molecule has 0 aromatic heterocycles. The number of aliphatic hydroxyl groups excluding tert-OH is 1. The molecule has 1 aromatic rings. The maximum atomic E-state index is 12.2. The zero-order valence-electron chi connectivity index (χ0n) is 11.9. The van der Waals surface area contributed by atoms with Gasteiger partial charge >= 0.3 is 0 Å².